The molecule has 0 aromatic carbocycles. The van der Waals surface area contributed by atoms with Gasteiger partial charge in [-0.25, -0.2) is 4.79 Å². The van der Waals surface area contributed by atoms with E-state index in [9.17, 15) is 4.79 Å². The lowest BCUT2D eigenvalue weighted by Crippen LogP contribution is -2.44. The fourth-order valence-electron chi connectivity index (χ4n) is 4.90. The third-order valence-electron chi connectivity index (χ3n) is 6.25. The maximum absolute atomic E-state index is 11.6. The van der Waals surface area contributed by atoms with Gasteiger partial charge in [0.15, 0.2) is 0 Å². The van der Waals surface area contributed by atoms with Gasteiger partial charge in [-0.1, -0.05) is 38.8 Å². The van der Waals surface area contributed by atoms with Crippen molar-refractivity contribution in [3.05, 3.63) is 17.8 Å². The number of carbonyl (C=O) groups excluding carboxylic acids is 1. The molecule has 2 saturated heterocycles. The van der Waals surface area contributed by atoms with Crippen LogP contribution in [0.1, 0.15) is 39.5 Å². The summed E-state index contributed by atoms with van der Waals surface area (Å²) in [5.74, 6) is 3.91. The van der Waals surface area contributed by atoms with Gasteiger partial charge in [-0.15, -0.1) is 0 Å². The van der Waals surface area contributed by atoms with Gasteiger partial charge in [-0.3, -0.25) is 0 Å². The molecule has 1 spiro atoms. The quantitative estimate of drug-likeness (QED) is 0.543. The molecule has 6 unspecified atom stereocenters. The second kappa shape index (κ2) is 4.22. The molecule has 3 aliphatic heterocycles. The van der Waals surface area contributed by atoms with Crippen molar-refractivity contribution in [2.75, 3.05) is 6.54 Å². The Kier molecular flexibility index (Phi) is 2.68. The van der Waals surface area contributed by atoms with E-state index >= 15 is 0 Å². The van der Waals surface area contributed by atoms with E-state index < -0.39 is 0 Å². The third-order valence-corrected chi connectivity index (χ3v) is 6.25. The van der Waals surface area contributed by atoms with Gasteiger partial charge >= 0.3 is 0 Å². The van der Waals surface area contributed by atoms with Crippen molar-refractivity contribution >= 4 is 5.94 Å². The van der Waals surface area contributed by atoms with Crippen LogP contribution in [0.25, 0.3) is 0 Å². The highest BCUT2D eigenvalue weighted by atomic mass is 16.5. The summed E-state index contributed by atoms with van der Waals surface area (Å²) < 4.78 is 6.15. The van der Waals surface area contributed by atoms with Crippen molar-refractivity contribution in [1.29, 1.82) is 0 Å². The van der Waals surface area contributed by atoms with Crippen molar-refractivity contribution in [1.82, 2.24) is 4.90 Å². The van der Waals surface area contributed by atoms with Crippen molar-refractivity contribution in [2.24, 2.45) is 17.8 Å². The standard InChI is InChI=1S/C17H23NO2/c1-11-4-3-5-15(12(11)2)18-10-17-7-6-13(20-17)8-14(17)16(18)9-19/h6-7,11-15H,3-5,8,10H2,1-2H3. The summed E-state index contributed by atoms with van der Waals surface area (Å²) in [4.78, 5) is 13.9. The van der Waals surface area contributed by atoms with Crippen molar-refractivity contribution in [3.63, 3.8) is 0 Å². The van der Waals surface area contributed by atoms with E-state index in [0.717, 1.165) is 24.6 Å². The van der Waals surface area contributed by atoms with Crippen LogP contribution in [0.15, 0.2) is 17.8 Å². The van der Waals surface area contributed by atoms with Crippen molar-refractivity contribution in [3.8, 4) is 0 Å². The SMILES string of the molecule is CC1CCCC(N2CC34C=CC(CC3C2=C=O)O4)C1C. The predicted octanol–water partition coefficient (Wildman–Crippen LogP) is 2.56. The summed E-state index contributed by atoms with van der Waals surface area (Å²) in [6.07, 6.45) is 9.37. The van der Waals surface area contributed by atoms with Crippen LogP contribution in [-0.4, -0.2) is 35.1 Å². The third kappa shape index (κ3) is 1.54. The molecule has 4 rings (SSSR count). The highest BCUT2D eigenvalue weighted by Gasteiger charge is 2.59. The summed E-state index contributed by atoms with van der Waals surface area (Å²) in [6, 6.07) is 0.492. The van der Waals surface area contributed by atoms with Gasteiger partial charge in [-0.2, -0.15) is 0 Å². The zero-order chi connectivity index (χ0) is 13.9. The number of hydrogen-bond donors (Lipinski definition) is 0. The highest BCUT2D eigenvalue weighted by Crippen LogP contribution is 2.53. The number of ether oxygens (including phenoxy) is 1. The molecule has 1 aliphatic carbocycles. The van der Waals surface area contributed by atoms with E-state index in [-0.39, 0.29) is 17.6 Å². The molecular weight excluding hydrogens is 250 g/mol. The van der Waals surface area contributed by atoms with Gasteiger partial charge in [0.05, 0.1) is 12.6 Å². The first-order chi connectivity index (χ1) is 9.64. The zero-order valence-corrected chi connectivity index (χ0v) is 12.3. The first kappa shape index (κ1) is 12.7. The molecule has 4 aliphatic rings. The van der Waals surface area contributed by atoms with E-state index in [1.165, 1.54) is 19.3 Å². The topological polar surface area (TPSA) is 29.5 Å². The molecule has 20 heavy (non-hydrogen) atoms. The monoisotopic (exact) mass is 273 g/mol. The predicted molar refractivity (Wildman–Crippen MR) is 76.7 cm³/mol. The minimum Gasteiger partial charge on any atom is -0.361 e. The van der Waals surface area contributed by atoms with Crippen LogP contribution in [-0.2, 0) is 9.53 Å². The second-order valence-corrected chi connectivity index (χ2v) is 7.21. The summed E-state index contributed by atoms with van der Waals surface area (Å²) >= 11 is 0. The second-order valence-electron chi connectivity index (χ2n) is 7.21. The van der Waals surface area contributed by atoms with Gasteiger partial charge in [0, 0.05) is 12.0 Å². The Hall–Kier alpha value is -1.05. The number of fused-ring (bicyclic) bond motifs is 1. The van der Waals surface area contributed by atoms with Crippen molar-refractivity contribution in [2.45, 2.75) is 57.3 Å². The molecule has 108 valence electrons. The normalized spacial score (nSPS) is 49.6. The van der Waals surface area contributed by atoms with Crippen LogP contribution in [0, 0.1) is 17.8 Å². The maximum Gasteiger partial charge on any atom is 0.146 e. The highest BCUT2D eigenvalue weighted by molar-refractivity contribution is 5.57. The lowest BCUT2D eigenvalue weighted by molar-refractivity contribution is 0.0110. The Morgan fingerprint density at radius 1 is 1.40 bits per heavy atom. The fraction of sp³-hybridized carbons (Fsp3) is 0.765. The molecule has 0 radical (unpaired) electrons. The Morgan fingerprint density at radius 2 is 2.25 bits per heavy atom. The van der Waals surface area contributed by atoms with Crippen LogP contribution in [0.4, 0.5) is 0 Å². The molecule has 0 aromatic heterocycles. The van der Waals surface area contributed by atoms with Gasteiger partial charge in [0.25, 0.3) is 0 Å². The smallest absolute Gasteiger partial charge is 0.146 e. The van der Waals surface area contributed by atoms with Crippen LogP contribution >= 0.6 is 0 Å². The first-order valence-electron chi connectivity index (χ1n) is 8.03. The number of likely N-dealkylation sites (tertiary alicyclic amines) is 1. The van der Waals surface area contributed by atoms with E-state index in [2.05, 4.69) is 36.8 Å². The summed E-state index contributed by atoms with van der Waals surface area (Å²) in [6.45, 7) is 5.55. The number of rotatable bonds is 1. The molecule has 0 amide bonds. The van der Waals surface area contributed by atoms with E-state index in [1.807, 2.05) is 0 Å². The van der Waals surface area contributed by atoms with Gasteiger partial charge < -0.3 is 9.64 Å². The van der Waals surface area contributed by atoms with Crippen LogP contribution in [0.2, 0.25) is 0 Å². The molecule has 3 fully saturated rings. The van der Waals surface area contributed by atoms with Gasteiger partial charge in [0.1, 0.15) is 17.2 Å². The molecule has 3 heteroatoms. The van der Waals surface area contributed by atoms with Crippen LogP contribution in [0.3, 0.4) is 0 Å². The Balaban J connectivity index is 1.66. The molecule has 3 nitrogen and oxygen atoms in total. The molecule has 6 atom stereocenters. The lowest BCUT2D eigenvalue weighted by Gasteiger charge is -2.41. The van der Waals surface area contributed by atoms with E-state index in [1.54, 1.807) is 0 Å². The minimum absolute atomic E-state index is 0.211. The van der Waals surface area contributed by atoms with E-state index in [4.69, 9.17) is 4.74 Å². The minimum atomic E-state index is -0.211. The molecular formula is C17H23NO2. The van der Waals surface area contributed by atoms with Gasteiger partial charge in [-0.05, 0) is 24.7 Å². The first-order valence-corrected chi connectivity index (χ1v) is 8.03. The van der Waals surface area contributed by atoms with Crippen LogP contribution in [0.5, 0.6) is 0 Å². The summed E-state index contributed by atoms with van der Waals surface area (Å²) in [7, 11) is 0. The maximum atomic E-state index is 11.6. The van der Waals surface area contributed by atoms with E-state index in [0.29, 0.717) is 12.0 Å². The molecule has 2 bridgehead atoms. The fourth-order valence-corrected chi connectivity index (χ4v) is 4.90. The number of nitrogens with zero attached hydrogens (tertiary/aromatic N) is 1. The lowest BCUT2D eigenvalue weighted by atomic mass is 9.77. The summed E-state index contributed by atoms with van der Waals surface area (Å²) in [5, 5.41) is 0. The largest absolute Gasteiger partial charge is 0.361 e. The Labute approximate surface area is 120 Å². The average Bonchev–Trinajstić information content (AvgIpc) is 3.08. The molecule has 3 heterocycles. The Bertz CT molecular complexity index is 507. The summed E-state index contributed by atoms with van der Waals surface area (Å²) in [5.41, 5.74) is 0.681. The molecule has 0 N–H and O–H groups in total. The van der Waals surface area contributed by atoms with Gasteiger partial charge in [0.2, 0.25) is 0 Å². The zero-order valence-electron chi connectivity index (χ0n) is 12.3. The Morgan fingerprint density at radius 3 is 3.00 bits per heavy atom. The average molecular weight is 273 g/mol. The molecule has 0 aromatic rings. The molecule has 1 saturated carbocycles. The van der Waals surface area contributed by atoms with Crippen LogP contribution < -0.4 is 0 Å². The van der Waals surface area contributed by atoms with Crippen molar-refractivity contribution < 1.29 is 9.53 Å². The number of hydrogen-bond acceptors (Lipinski definition) is 3.